The minimum absolute atomic E-state index is 0.0132. The summed E-state index contributed by atoms with van der Waals surface area (Å²) in [4.78, 5) is 15.1. The second-order valence-electron chi connectivity index (χ2n) is 5.68. The fraction of sp³-hybridized carbons (Fsp3) is 0.278. The number of rotatable bonds is 5. The van der Waals surface area contributed by atoms with Crippen molar-refractivity contribution in [2.75, 3.05) is 20.8 Å². The number of nitro groups is 1. The first-order valence-electron chi connectivity index (χ1n) is 7.79. The highest BCUT2D eigenvalue weighted by Crippen LogP contribution is 2.43. The van der Waals surface area contributed by atoms with Crippen LogP contribution in [0.3, 0.4) is 0 Å². The number of non-ortho nitro benzene ring substituents is 1. The minimum Gasteiger partial charge on any atom is -0.504 e. The topological polar surface area (TPSA) is 94.2 Å². The molecule has 0 saturated carbocycles. The number of hydrogen-bond acceptors (Lipinski definition) is 6. The molecule has 0 fully saturated rings. The van der Waals surface area contributed by atoms with Crippen LogP contribution in [0.25, 0.3) is 0 Å². The van der Waals surface area contributed by atoms with E-state index in [-0.39, 0.29) is 17.2 Å². The van der Waals surface area contributed by atoms with Crippen molar-refractivity contribution in [3.63, 3.8) is 0 Å². The Hall–Kier alpha value is -3.09. The van der Waals surface area contributed by atoms with Gasteiger partial charge in [0.1, 0.15) is 0 Å². The number of methoxy groups -OCH3 is 2. The van der Waals surface area contributed by atoms with E-state index < -0.39 is 4.92 Å². The highest BCUT2D eigenvalue weighted by atomic mass is 16.6. The summed E-state index contributed by atoms with van der Waals surface area (Å²) in [5, 5.41) is 21.6. The average molecular weight is 342 g/mol. The van der Waals surface area contributed by atoms with Gasteiger partial charge in [0, 0.05) is 30.7 Å². The zero-order valence-electron chi connectivity index (χ0n) is 14.0. The van der Waals surface area contributed by atoms with Gasteiger partial charge in [-0.3, -0.25) is 15.1 Å². The molecule has 2 aromatic carbocycles. The van der Waals surface area contributed by atoms with Gasteiger partial charge in [0.25, 0.3) is 5.69 Å². The lowest BCUT2D eigenvalue weighted by molar-refractivity contribution is -0.384. The van der Waals surface area contributed by atoms with Gasteiger partial charge in [-0.15, -0.1) is 0 Å². The molecule has 1 heterocycles. The van der Waals surface area contributed by atoms with Crippen molar-refractivity contribution in [2.24, 2.45) is 4.99 Å². The van der Waals surface area contributed by atoms with Gasteiger partial charge in [0.15, 0.2) is 11.5 Å². The van der Waals surface area contributed by atoms with Crippen LogP contribution in [0.4, 0.5) is 5.69 Å². The molecule has 0 atom stereocenters. The number of nitro benzene ring substituents is 1. The number of phenolic OH excluding ortho intramolecular Hbond substituents is 1. The third-order valence-electron chi connectivity index (χ3n) is 4.19. The molecule has 0 radical (unpaired) electrons. The minimum atomic E-state index is -0.425. The monoisotopic (exact) mass is 342 g/mol. The highest BCUT2D eigenvalue weighted by Gasteiger charge is 2.25. The Labute approximate surface area is 144 Å². The second-order valence-corrected chi connectivity index (χ2v) is 5.68. The van der Waals surface area contributed by atoms with E-state index in [9.17, 15) is 15.2 Å². The molecule has 0 aromatic heterocycles. The van der Waals surface area contributed by atoms with Gasteiger partial charge in [-0.25, -0.2) is 0 Å². The van der Waals surface area contributed by atoms with Crippen molar-refractivity contribution >= 4 is 11.4 Å². The fourth-order valence-corrected chi connectivity index (χ4v) is 3.05. The molecule has 0 amide bonds. The van der Waals surface area contributed by atoms with E-state index in [0.29, 0.717) is 36.4 Å². The summed E-state index contributed by atoms with van der Waals surface area (Å²) in [5.74, 6) is 0.714. The Morgan fingerprint density at radius 2 is 2.08 bits per heavy atom. The number of aliphatic imine (C=N–C) groups is 1. The Morgan fingerprint density at radius 3 is 2.76 bits per heavy atom. The van der Waals surface area contributed by atoms with E-state index in [4.69, 9.17) is 9.47 Å². The fourth-order valence-electron chi connectivity index (χ4n) is 3.05. The van der Waals surface area contributed by atoms with Crippen LogP contribution in [0.5, 0.6) is 17.2 Å². The zero-order valence-corrected chi connectivity index (χ0v) is 14.0. The van der Waals surface area contributed by atoms with Gasteiger partial charge in [-0.2, -0.15) is 0 Å². The smallest absolute Gasteiger partial charge is 0.269 e. The van der Waals surface area contributed by atoms with Gasteiger partial charge in [-0.1, -0.05) is 12.1 Å². The molecule has 0 saturated heterocycles. The molecule has 130 valence electrons. The van der Waals surface area contributed by atoms with Gasteiger partial charge >= 0.3 is 0 Å². The number of fused-ring (bicyclic) bond motifs is 1. The SMILES string of the molecule is COc1cc2c(c(O)c1OC)C(Cc1cccc([N+](=O)[O-])c1)=NCC2. The maximum Gasteiger partial charge on any atom is 0.269 e. The van der Waals surface area contributed by atoms with E-state index in [2.05, 4.69) is 4.99 Å². The van der Waals surface area contributed by atoms with Crippen LogP contribution >= 0.6 is 0 Å². The highest BCUT2D eigenvalue weighted by molar-refractivity contribution is 6.07. The number of hydrogen-bond donors (Lipinski definition) is 1. The molecule has 1 N–H and O–H groups in total. The van der Waals surface area contributed by atoms with Crippen molar-refractivity contribution in [2.45, 2.75) is 12.8 Å². The molecule has 0 aliphatic carbocycles. The van der Waals surface area contributed by atoms with E-state index in [1.807, 2.05) is 12.1 Å². The molecule has 0 spiro atoms. The van der Waals surface area contributed by atoms with Crippen molar-refractivity contribution in [1.29, 1.82) is 0 Å². The van der Waals surface area contributed by atoms with Crippen LogP contribution in [0, 0.1) is 10.1 Å². The first-order chi connectivity index (χ1) is 12.0. The summed E-state index contributed by atoms with van der Waals surface area (Å²) in [7, 11) is 2.98. The maximum absolute atomic E-state index is 11.0. The Balaban J connectivity index is 2.02. The summed E-state index contributed by atoms with van der Waals surface area (Å²) in [6, 6.07) is 8.27. The van der Waals surface area contributed by atoms with Gasteiger partial charge in [-0.05, 0) is 23.6 Å². The maximum atomic E-state index is 11.0. The molecule has 7 nitrogen and oxygen atoms in total. The quantitative estimate of drug-likeness (QED) is 0.666. The van der Waals surface area contributed by atoms with E-state index in [1.165, 1.54) is 26.4 Å². The van der Waals surface area contributed by atoms with E-state index in [0.717, 1.165) is 11.1 Å². The molecule has 25 heavy (non-hydrogen) atoms. The molecule has 2 aromatic rings. The summed E-state index contributed by atoms with van der Waals surface area (Å²) >= 11 is 0. The molecular weight excluding hydrogens is 324 g/mol. The second kappa shape index (κ2) is 6.80. The summed E-state index contributed by atoms with van der Waals surface area (Å²) < 4.78 is 10.5. The number of nitrogens with zero attached hydrogens (tertiary/aromatic N) is 2. The molecule has 3 rings (SSSR count). The summed E-state index contributed by atoms with van der Waals surface area (Å²) in [5.41, 5.74) is 3.02. The molecule has 0 unspecified atom stereocenters. The normalized spacial score (nSPS) is 13.0. The first kappa shape index (κ1) is 16.8. The predicted octanol–water partition coefficient (Wildman–Crippen LogP) is 2.91. The summed E-state index contributed by atoms with van der Waals surface area (Å²) in [6.45, 7) is 0.589. The molecule has 1 aliphatic rings. The van der Waals surface area contributed by atoms with Crippen LogP contribution in [-0.2, 0) is 12.8 Å². The molecule has 0 bridgehead atoms. The number of aromatic hydroxyl groups is 1. The molecule has 1 aliphatic heterocycles. The lowest BCUT2D eigenvalue weighted by Crippen LogP contribution is -2.16. The van der Waals surface area contributed by atoms with Crippen LogP contribution < -0.4 is 9.47 Å². The predicted molar refractivity (Wildman–Crippen MR) is 93.1 cm³/mol. The van der Waals surface area contributed by atoms with Crippen LogP contribution in [0.2, 0.25) is 0 Å². The Morgan fingerprint density at radius 1 is 1.28 bits per heavy atom. The zero-order chi connectivity index (χ0) is 18.0. The molecular formula is C18H18N2O5. The van der Waals surface area contributed by atoms with Crippen LogP contribution in [0.1, 0.15) is 16.7 Å². The van der Waals surface area contributed by atoms with Gasteiger partial charge < -0.3 is 14.6 Å². The average Bonchev–Trinajstić information content (AvgIpc) is 2.61. The van der Waals surface area contributed by atoms with Gasteiger partial charge in [0.2, 0.25) is 5.75 Å². The lowest BCUT2D eigenvalue weighted by Gasteiger charge is -2.21. The van der Waals surface area contributed by atoms with Crippen molar-refractivity contribution in [3.8, 4) is 17.2 Å². The van der Waals surface area contributed by atoms with Crippen molar-refractivity contribution in [3.05, 3.63) is 57.1 Å². The van der Waals surface area contributed by atoms with E-state index in [1.54, 1.807) is 6.07 Å². The van der Waals surface area contributed by atoms with Gasteiger partial charge in [0.05, 0.1) is 24.9 Å². The number of ether oxygens (including phenoxy) is 2. The summed E-state index contributed by atoms with van der Waals surface area (Å²) in [6.07, 6.45) is 1.07. The first-order valence-corrected chi connectivity index (χ1v) is 7.79. The van der Waals surface area contributed by atoms with Crippen LogP contribution in [-0.4, -0.2) is 36.5 Å². The Kier molecular flexibility index (Phi) is 4.56. The van der Waals surface area contributed by atoms with Crippen LogP contribution in [0.15, 0.2) is 35.3 Å². The largest absolute Gasteiger partial charge is 0.504 e. The Bertz CT molecular complexity index is 861. The molecule has 7 heteroatoms. The number of phenols is 1. The number of benzene rings is 2. The lowest BCUT2D eigenvalue weighted by atomic mass is 9.92. The van der Waals surface area contributed by atoms with Crippen molar-refractivity contribution < 1.29 is 19.5 Å². The standard InChI is InChI=1S/C18H18N2O5/c1-24-15-10-12-6-7-19-14(16(12)17(21)18(15)25-2)9-11-4-3-5-13(8-11)20(22)23/h3-5,8,10,21H,6-7,9H2,1-2H3. The van der Waals surface area contributed by atoms with E-state index >= 15 is 0 Å². The van der Waals surface area contributed by atoms with Crippen molar-refractivity contribution in [1.82, 2.24) is 0 Å². The third-order valence-corrected chi connectivity index (χ3v) is 4.19. The third kappa shape index (κ3) is 3.13.